The van der Waals surface area contributed by atoms with Gasteiger partial charge in [-0.1, -0.05) is 49.1 Å². The largest absolute Gasteiger partial charge is 0.418 e. The van der Waals surface area contributed by atoms with Crippen LogP contribution < -0.4 is 11.1 Å². The van der Waals surface area contributed by atoms with E-state index in [1.165, 1.54) is 38.2 Å². The van der Waals surface area contributed by atoms with Crippen molar-refractivity contribution in [2.75, 3.05) is 43.8 Å². The number of hydrogen-bond acceptors (Lipinski definition) is 4. The smallest absolute Gasteiger partial charge is 0.397 e. The zero-order chi connectivity index (χ0) is 34.1. The van der Waals surface area contributed by atoms with Crippen molar-refractivity contribution >= 4 is 40.8 Å². The lowest BCUT2D eigenvalue weighted by Gasteiger charge is -2.45. The Morgan fingerprint density at radius 3 is 2.33 bits per heavy atom. The highest BCUT2D eigenvalue weighted by Crippen LogP contribution is 2.45. The standard InChI is InChI=1S/C36H45ClF3N5O3/c37-29-22-24(21-28(32(29)41)36(38,39)40)20-26(33(47)44-18-13-35(14-19-44)11-4-1-5-12-35)23-31(46)43-15-9-27(10-16-43)45-17-8-25-6-2-3-7-30(25)42-34(45)48/h2-3,6-7,21-22,26-27H,1,4-5,8-20,23,41H2,(H,42,48). The highest BCUT2D eigenvalue weighted by molar-refractivity contribution is 6.33. The first-order chi connectivity index (χ1) is 22.9. The van der Waals surface area contributed by atoms with Crippen molar-refractivity contribution in [3.05, 3.63) is 58.1 Å². The average molecular weight is 688 g/mol. The van der Waals surface area contributed by atoms with Gasteiger partial charge in [0.15, 0.2) is 0 Å². The van der Waals surface area contributed by atoms with Crippen molar-refractivity contribution < 1.29 is 27.6 Å². The third-order valence-corrected chi connectivity index (χ3v) is 11.5. The summed E-state index contributed by atoms with van der Waals surface area (Å²) in [5.74, 6) is -1.25. The molecule has 1 aliphatic carbocycles. The van der Waals surface area contributed by atoms with E-state index < -0.39 is 23.3 Å². The minimum absolute atomic E-state index is 0.0287. The lowest BCUT2D eigenvalue weighted by Crippen LogP contribution is -2.51. The number of likely N-dealkylation sites (tertiary alicyclic amines) is 2. The molecule has 12 heteroatoms. The molecule has 48 heavy (non-hydrogen) atoms. The molecule has 8 nitrogen and oxygen atoms in total. The molecule has 0 aromatic heterocycles. The summed E-state index contributed by atoms with van der Waals surface area (Å²) in [6.07, 6.45) is 4.88. The van der Waals surface area contributed by atoms with E-state index in [0.717, 1.165) is 36.6 Å². The monoisotopic (exact) mass is 687 g/mol. The maximum Gasteiger partial charge on any atom is 0.418 e. The Morgan fingerprint density at radius 1 is 0.958 bits per heavy atom. The number of nitrogen functional groups attached to an aromatic ring is 1. The first-order valence-corrected chi connectivity index (χ1v) is 17.7. The Hall–Kier alpha value is -3.47. The van der Waals surface area contributed by atoms with Gasteiger partial charge in [-0.2, -0.15) is 13.2 Å². The van der Waals surface area contributed by atoms with E-state index in [1.54, 1.807) is 4.90 Å². The number of hydrogen-bond donors (Lipinski definition) is 2. The van der Waals surface area contributed by atoms with Crippen LogP contribution in [-0.2, 0) is 28.6 Å². The van der Waals surface area contributed by atoms with E-state index in [-0.39, 0.29) is 52.7 Å². The fraction of sp³-hybridized carbons (Fsp3) is 0.583. The Morgan fingerprint density at radius 2 is 1.65 bits per heavy atom. The zero-order valence-corrected chi connectivity index (χ0v) is 28.1. The van der Waals surface area contributed by atoms with Crippen molar-refractivity contribution in [1.29, 1.82) is 0 Å². The first kappa shape index (κ1) is 34.4. The molecule has 4 amide bonds. The molecule has 6 rings (SSSR count). The fourth-order valence-electron chi connectivity index (χ4n) is 8.32. The molecular weight excluding hydrogens is 643 g/mol. The van der Waals surface area contributed by atoms with Crippen LogP contribution in [0.3, 0.4) is 0 Å². The van der Waals surface area contributed by atoms with Gasteiger partial charge in [-0.05, 0) is 86.1 Å². The van der Waals surface area contributed by atoms with Crippen molar-refractivity contribution in [2.45, 2.75) is 89.3 Å². The molecule has 1 saturated carbocycles. The Bertz CT molecular complexity index is 1510. The number of nitrogens with zero attached hydrogens (tertiary/aromatic N) is 3. The van der Waals surface area contributed by atoms with E-state index in [9.17, 15) is 27.6 Å². The minimum atomic E-state index is -4.71. The zero-order valence-electron chi connectivity index (χ0n) is 27.3. The third-order valence-electron chi connectivity index (χ3n) is 11.2. The maximum absolute atomic E-state index is 14.1. The number of piperidine rings is 2. The number of nitrogens with one attached hydrogen (secondary N) is 1. The summed E-state index contributed by atoms with van der Waals surface area (Å²) in [4.78, 5) is 46.3. The predicted octanol–water partition coefficient (Wildman–Crippen LogP) is 7.14. The summed E-state index contributed by atoms with van der Waals surface area (Å²) < 4.78 is 41.4. The van der Waals surface area contributed by atoms with Crippen molar-refractivity contribution in [3.8, 4) is 0 Å². The van der Waals surface area contributed by atoms with E-state index in [4.69, 9.17) is 17.3 Å². The molecule has 0 radical (unpaired) electrons. The molecule has 1 spiro atoms. The van der Waals surface area contributed by atoms with Gasteiger partial charge in [0.1, 0.15) is 0 Å². The Labute approximate surface area is 285 Å². The number of anilines is 2. The van der Waals surface area contributed by atoms with E-state index >= 15 is 0 Å². The predicted molar refractivity (Wildman–Crippen MR) is 179 cm³/mol. The third kappa shape index (κ3) is 7.56. The lowest BCUT2D eigenvalue weighted by atomic mass is 9.68. The summed E-state index contributed by atoms with van der Waals surface area (Å²) in [6, 6.07) is 9.92. The molecule has 260 valence electrons. The van der Waals surface area contributed by atoms with Crippen LogP contribution in [0.15, 0.2) is 36.4 Å². The van der Waals surface area contributed by atoms with Gasteiger partial charge in [0.05, 0.1) is 22.2 Å². The van der Waals surface area contributed by atoms with Crippen LogP contribution in [0.1, 0.15) is 80.9 Å². The van der Waals surface area contributed by atoms with E-state index in [2.05, 4.69) is 5.32 Å². The van der Waals surface area contributed by atoms with Gasteiger partial charge in [-0.3, -0.25) is 9.59 Å². The molecule has 2 saturated heterocycles. The quantitative estimate of drug-likeness (QED) is 0.316. The minimum Gasteiger partial charge on any atom is -0.397 e. The van der Waals surface area contributed by atoms with Crippen LogP contribution in [-0.4, -0.2) is 71.3 Å². The normalized spacial score (nSPS) is 21.0. The van der Waals surface area contributed by atoms with Crippen molar-refractivity contribution in [1.82, 2.24) is 14.7 Å². The van der Waals surface area contributed by atoms with Crippen LogP contribution in [0.4, 0.5) is 29.3 Å². The molecule has 3 fully saturated rings. The van der Waals surface area contributed by atoms with E-state index in [1.807, 2.05) is 34.1 Å². The number of alkyl halides is 3. The molecule has 1 atom stereocenters. The SMILES string of the molecule is Nc1c(Cl)cc(CC(CC(=O)N2CCC(N3CCc4ccccc4NC3=O)CC2)C(=O)N2CCC3(CCCCC3)CC2)cc1C(F)(F)F. The topological polar surface area (TPSA) is 99.0 Å². The van der Waals surface area contributed by atoms with Crippen molar-refractivity contribution in [3.63, 3.8) is 0 Å². The average Bonchev–Trinajstić information content (AvgIpc) is 3.24. The summed E-state index contributed by atoms with van der Waals surface area (Å²) in [5, 5.41) is 2.79. The second-order valence-electron chi connectivity index (χ2n) is 14.2. The van der Waals surface area contributed by atoms with Gasteiger partial charge in [-0.25, -0.2) is 4.79 Å². The molecular formula is C36H45ClF3N5O3. The molecule has 2 aromatic carbocycles. The van der Waals surface area contributed by atoms with Gasteiger partial charge in [0.2, 0.25) is 11.8 Å². The van der Waals surface area contributed by atoms with Gasteiger partial charge < -0.3 is 25.8 Å². The summed E-state index contributed by atoms with van der Waals surface area (Å²) >= 11 is 6.14. The Balaban J connectivity index is 1.13. The van der Waals surface area contributed by atoms with Crippen LogP contribution in [0.25, 0.3) is 0 Å². The number of amides is 4. The van der Waals surface area contributed by atoms with Crippen LogP contribution in [0.5, 0.6) is 0 Å². The highest BCUT2D eigenvalue weighted by Gasteiger charge is 2.40. The van der Waals surface area contributed by atoms with Crippen LogP contribution in [0, 0.1) is 11.3 Å². The second kappa shape index (κ2) is 14.2. The summed E-state index contributed by atoms with van der Waals surface area (Å²) in [7, 11) is 0. The number of halogens is 4. The van der Waals surface area contributed by atoms with Gasteiger partial charge >= 0.3 is 12.2 Å². The van der Waals surface area contributed by atoms with Crippen molar-refractivity contribution in [2.24, 2.45) is 11.3 Å². The summed E-state index contributed by atoms with van der Waals surface area (Å²) in [5.41, 5.74) is 6.49. The maximum atomic E-state index is 14.1. The van der Waals surface area contributed by atoms with Gasteiger partial charge in [0, 0.05) is 50.9 Å². The highest BCUT2D eigenvalue weighted by atomic mass is 35.5. The number of carbonyl (C=O) groups is 3. The molecule has 3 heterocycles. The van der Waals surface area contributed by atoms with Gasteiger partial charge in [0.25, 0.3) is 0 Å². The molecule has 1 unspecified atom stereocenters. The van der Waals surface area contributed by atoms with Gasteiger partial charge in [-0.15, -0.1) is 0 Å². The number of carbonyl (C=O) groups excluding carboxylic acids is 3. The summed E-state index contributed by atoms with van der Waals surface area (Å²) in [6.45, 7) is 2.62. The molecule has 4 aliphatic rings. The number of urea groups is 1. The number of para-hydroxylation sites is 1. The van der Waals surface area contributed by atoms with Crippen LogP contribution in [0.2, 0.25) is 5.02 Å². The fourth-order valence-corrected chi connectivity index (χ4v) is 8.57. The molecule has 2 aromatic rings. The van der Waals surface area contributed by atoms with Crippen LogP contribution >= 0.6 is 11.6 Å². The second-order valence-corrected chi connectivity index (χ2v) is 14.6. The Kier molecular flexibility index (Phi) is 10.2. The number of fused-ring (bicyclic) bond motifs is 1. The lowest BCUT2D eigenvalue weighted by molar-refractivity contribution is -0.143. The number of benzene rings is 2. The molecule has 3 N–H and O–H groups in total. The molecule has 3 aliphatic heterocycles. The first-order valence-electron chi connectivity index (χ1n) is 17.3. The number of nitrogens with two attached hydrogens (primary N) is 1. The van der Waals surface area contributed by atoms with E-state index in [0.29, 0.717) is 45.6 Å². The molecule has 0 bridgehead atoms. The number of rotatable bonds is 6.